The van der Waals surface area contributed by atoms with Crippen molar-refractivity contribution in [3.63, 3.8) is 0 Å². The molecule has 1 saturated heterocycles. The molecule has 5 rings (SSSR count). The van der Waals surface area contributed by atoms with E-state index in [1.807, 2.05) is 60.1 Å². The van der Waals surface area contributed by atoms with Gasteiger partial charge in [0, 0.05) is 18.7 Å². The van der Waals surface area contributed by atoms with Crippen molar-refractivity contribution in [2.75, 3.05) is 18.8 Å². The summed E-state index contributed by atoms with van der Waals surface area (Å²) in [6.45, 7) is 6.90. The van der Waals surface area contributed by atoms with Crippen LogP contribution in [0.1, 0.15) is 24.4 Å². The molecule has 0 saturated carbocycles. The molecule has 2 aromatic carbocycles. The van der Waals surface area contributed by atoms with Crippen molar-refractivity contribution in [2.45, 2.75) is 25.8 Å². The zero-order chi connectivity index (χ0) is 23.7. The predicted molar refractivity (Wildman–Crippen MR) is 131 cm³/mol. The van der Waals surface area contributed by atoms with Crippen LogP contribution in [0.3, 0.4) is 0 Å². The minimum atomic E-state index is -0.0691. The number of para-hydroxylation sites is 1. The number of aryl methyl sites for hydroxylation is 1. The Bertz CT molecular complexity index is 1360. The smallest absolute Gasteiger partial charge is 0.246 e. The van der Waals surface area contributed by atoms with Crippen LogP contribution < -0.4 is 10.5 Å². The lowest BCUT2D eigenvalue weighted by Crippen LogP contribution is -2.40. The highest BCUT2D eigenvalue weighted by atomic mass is 16.5. The summed E-state index contributed by atoms with van der Waals surface area (Å²) in [5.74, 6) is 1.83. The zero-order valence-electron chi connectivity index (χ0n) is 19.0. The normalized spacial score (nSPS) is 15.9. The summed E-state index contributed by atoms with van der Waals surface area (Å²) in [6, 6.07) is 15.5. The van der Waals surface area contributed by atoms with Crippen LogP contribution in [0.2, 0.25) is 0 Å². The number of benzene rings is 2. The van der Waals surface area contributed by atoms with E-state index in [1.165, 1.54) is 12.4 Å². The molecule has 8 nitrogen and oxygen atoms in total. The maximum Gasteiger partial charge on any atom is 0.246 e. The van der Waals surface area contributed by atoms with Gasteiger partial charge in [0.05, 0.1) is 11.4 Å². The third-order valence-electron chi connectivity index (χ3n) is 6.18. The van der Waals surface area contributed by atoms with Crippen molar-refractivity contribution in [3.8, 4) is 22.8 Å². The van der Waals surface area contributed by atoms with Gasteiger partial charge in [0.25, 0.3) is 0 Å². The molecule has 0 unspecified atom stereocenters. The zero-order valence-corrected chi connectivity index (χ0v) is 19.0. The van der Waals surface area contributed by atoms with Gasteiger partial charge in [-0.05, 0) is 61.7 Å². The van der Waals surface area contributed by atoms with E-state index < -0.39 is 0 Å². The second kappa shape index (κ2) is 8.97. The number of likely N-dealkylation sites (tertiary alicyclic amines) is 1. The molecule has 0 aliphatic carbocycles. The number of fused-ring (bicyclic) bond motifs is 1. The van der Waals surface area contributed by atoms with E-state index in [1.54, 1.807) is 4.90 Å². The van der Waals surface area contributed by atoms with Gasteiger partial charge in [0.1, 0.15) is 29.3 Å². The number of nitrogens with two attached hydrogens (primary N) is 1. The lowest BCUT2D eigenvalue weighted by atomic mass is 10.0. The molecule has 172 valence electrons. The van der Waals surface area contributed by atoms with Crippen LogP contribution in [0.4, 0.5) is 5.82 Å². The number of amides is 1. The number of piperidine rings is 1. The molecule has 1 aliphatic rings. The number of hydrogen-bond acceptors (Lipinski definition) is 6. The maximum absolute atomic E-state index is 12.2. The third-order valence-corrected chi connectivity index (χ3v) is 6.18. The Morgan fingerprint density at radius 3 is 2.76 bits per heavy atom. The molecule has 34 heavy (non-hydrogen) atoms. The second-order valence-corrected chi connectivity index (χ2v) is 8.43. The number of rotatable bonds is 5. The van der Waals surface area contributed by atoms with Gasteiger partial charge in [-0.25, -0.2) is 14.6 Å². The lowest BCUT2D eigenvalue weighted by Gasteiger charge is -2.32. The van der Waals surface area contributed by atoms with Crippen LogP contribution in [-0.4, -0.2) is 43.6 Å². The molecule has 1 aliphatic heterocycles. The SMILES string of the molecule is C=CC(=O)N1CCC[C@H](n2nc(-c3ccc(Oc4ccccc4)cc3C)c3c(N)ncnc32)C1. The monoisotopic (exact) mass is 454 g/mol. The Kier molecular flexibility index (Phi) is 5.71. The van der Waals surface area contributed by atoms with Crippen LogP contribution in [0.25, 0.3) is 22.3 Å². The summed E-state index contributed by atoms with van der Waals surface area (Å²) in [7, 11) is 0. The van der Waals surface area contributed by atoms with Gasteiger partial charge >= 0.3 is 0 Å². The van der Waals surface area contributed by atoms with Gasteiger partial charge in [-0.15, -0.1) is 0 Å². The molecule has 1 atom stereocenters. The van der Waals surface area contributed by atoms with E-state index in [4.69, 9.17) is 15.6 Å². The Morgan fingerprint density at radius 2 is 2.00 bits per heavy atom. The topological polar surface area (TPSA) is 99.2 Å². The Balaban J connectivity index is 1.54. The minimum absolute atomic E-state index is 0.0100. The molecule has 8 heteroatoms. The first-order valence-corrected chi connectivity index (χ1v) is 11.3. The summed E-state index contributed by atoms with van der Waals surface area (Å²) in [5, 5.41) is 5.68. The van der Waals surface area contributed by atoms with Gasteiger partial charge in [-0.1, -0.05) is 24.8 Å². The first-order valence-electron chi connectivity index (χ1n) is 11.3. The quantitative estimate of drug-likeness (QED) is 0.445. The van der Waals surface area contributed by atoms with Crippen molar-refractivity contribution < 1.29 is 9.53 Å². The Hall–Kier alpha value is -4.20. The molecule has 2 N–H and O–H groups in total. The molecule has 1 fully saturated rings. The van der Waals surface area contributed by atoms with Gasteiger partial charge in [-0.2, -0.15) is 5.10 Å². The highest BCUT2D eigenvalue weighted by Gasteiger charge is 2.28. The number of aromatic nitrogens is 4. The number of nitrogens with zero attached hydrogens (tertiary/aromatic N) is 5. The molecule has 2 aromatic heterocycles. The fraction of sp³-hybridized carbons (Fsp3) is 0.231. The molecule has 4 aromatic rings. The van der Waals surface area contributed by atoms with E-state index in [0.29, 0.717) is 24.6 Å². The molecule has 1 amide bonds. The highest BCUT2D eigenvalue weighted by molar-refractivity contribution is 5.99. The number of nitrogen functional groups attached to an aromatic ring is 1. The molecule has 0 radical (unpaired) electrons. The molecular weight excluding hydrogens is 428 g/mol. The minimum Gasteiger partial charge on any atom is -0.457 e. The summed E-state index contributed by atoms with van der Waals surface area (Å²) in [5.41, 5.74) is 9.63. The van der Waals surface area contributed by atoms with Crippen LogP contribution in [0.5, 0.6) is 11.5 Å². The number of anilines is 1. The third kappa shape index (κ3) is 3.98. The average molecular weight is 455 g/mol. The van der Waals surface area contributed by atoms with Gasteiger partial charge < -0.3 is 15.4 Å². The average Bonchev–Trinajstić information content (AvgIpc) is 3.25. The standard InChI is InChI=1S/C26H26N6O2/c1-3-22(33)31-13-7-8-18(15-31)32-26-23(25(27)28-16-29-26)24(30-32)21-12-11-20(14-17(21)2)34-19-9-5-4-6-10-19/h3-6,9-12,14,16,18H,1,7-8,13,15H2,2H3,(H2,27,28,29)/t18-/m0/s1. The first kappa shape index (κ1) is 21.6. The predicted octanol–water partition coefficient (Wildman–Crippen LogP) is 4.53. The van der Waals surface area contributed by atoms with Crippen molar-refractivity contribution in [2.24, 2.45) is 0 Å². The van der Waals surface area contributed by atoms with Crippen molar-refractivity contribution in [1.29, 1.82) is 0 Å². The van der Waals surface area contributed by atoms with Crippen LogP contribution in [-0.2, 0) is 4.79 Å². The number of ether oxygens (including phenoxy) is 1. The van der Waals surface area contributed by atoms with Crippen LogP contribution >= 0.6 is 0 Å². The Labute approximate surface area is 197 Å². The van der Waals surface area contributed by atoms with E-state index in [2.05, 4.69) is 16.5 Å². The number of hydrogen-bond donors (Lipinski definition) is 1. The fourth-order valence-electron chi connectivity index (χ4n) is 4.51. The van der Waals surface area contributed by atoms with Crippen molar-refractivity contribution in [1.82, 2.24) is 24.6 Å². The summed E-state index contributed by atoms with van der Waals surface area (Å²) < 4.78 is 7.89. The summed E-state index contributed by atoms with van der Waals surface area (Å²) >= 11 is 0. The summed E-state index contributed by atoms with van der Waals surface area (Å²) in [4.78, 5) is 22.8. The number of carbonyl (C=O) groups excluding carboxylic acids is 1. The Morgan fingerprint density at radius 1 is 1.18 bits per heavy atom. The van der Waals surface area contributed by atoms with Crippen LogP contribution in [0, 0.1) is 6.92 Å². The van der Waals surface area contributed by atoms with E-state index in [-0.39, 0.29) is 11.9 Å². The van der Waals surface area contributed by atoms with Gasteiger partial charge in [0.2, 0.25) is 5.91 Å². The van der Waals surface area contributed by atoms with Gasteiger partial charge in [-0.3, -0.25) is 4.79 Å². The largest absolute Gasteiger partial charge is 0.457 e. The van der Waals surface area contributed by atoms with Crippen molar-refractivity contribution >= 4 is 22.8 Å². The number of carbonyl (C=O) groups is 1. The second-order valence-electron chi connectivity index (χ2n) is 8.43. The molecule has 0 spiro atoms. The highest BCUT2D eigenvalue weighted by Crippen LogP contribution is 2.36. The molecule has 3 heterocycles. The van der Waals surface area contributed by atoms with E-state index in [9.17, 15) is 4.79 Å². The van der Waals surface area contributed by atoms with E-state index in [0.717, 1.165) is 46.5 Å². The summed E-state index contributed by atoms with van der Waals surface area (Å²) in [6.07, 6.45) is 4.59. The van der Waals surface area contributed by atoms with Crippen LogP contribution in [0.15, 0.2) is 67.5 Å². The lowest BCUT2D eigenvalue weighted by molar-refractivity contribution is -0.127. The maximum atomic E-state index is 12.2. The first-order chi connectivity index (χ1) is 16.5. The van der Waals surface area contributed by atoms with E-state index >= 15 is 0 Å². The molecule has 0 bridgehead atoms. The fourth-order valence-corrected chi connectivity index (χ4v) is 4.51. The van der Waals surface area contributed by atoms with Gasteiger partial charge in [0.15, 0.2) is 5.65 Å². The molecular formula is C26H26N6O2. The van der Waals surface area contributed by atoms with Crippen molar-refractivity contribution in [3.05, 3.63) is 73.1 Å².